The van der Waals surface area contributed by atoms with Gasteiger partial charge in [-0.25, -0.2) is 9.78 Å². The molecule has 0 aliphatic carbocycles. The zero-order valence-corrected chi connectivity index (χ0v) is 12.6. The van der Waals surface area contributed by atoms with Gasteiger partial charge in [-0.15, -0.1) is 11.3 Å². The molecule has 2 aromatic rings. The van der Waals surface area contributed by atoms with Crippen molar-refractivity contribution < 1.29 is 18.4 Å². The molecule has 0 atom stereocenters. The molecule has 3 N–H and O–H groups in total. The van der Waals surface area contributed by atoms with E-state index in [1.54, 1.807) is 12.1 Å². The zero-order valence-electron chi connectivity index (χ0n) is 11.8. The van der Waals surface area contributed by atoms with Gasteiger partial charge in [-0.1, -0.05) is 0 Å². The van der Waals surface area contributed by atoms with Crippen LogP contribution < -0.4 is 16.0 Å². The number of nitrogens with two attached hydrogens (primary N) is 1. The monoisotopic (exact) mass is 338 g/mol. The molecule has 0 fully saturated rings. The molecule has 2 heterocycles. The number of amides is 3. The van der Waals surface area contributed by atoms with Crippen LogP contribution >= 0.6 is 11.3 Å². The van der Waals surface area contributed by atoms with Crippen LogP contribution in [0.4, 0.5) is 25.0 Å². The first-order valence-electron chi connectivity index (χ1n) is 6.68. The lowest BCUT2D eigenvalue weighted by Crippen LogP contribution is -2.34. The van der Waals surface area contributed by atoms with Crippen LogP contribution in [0.1, 0.15) is 10.6 Å². The number of rotatable bonds is 3. The summed E-state index contributed by atoms with van der Waals surface area (Å²) in [4.78, 5) is 28.0. The smallest absolute Gasteiger partial charge is 0.351 e. The van der Waals surface area contributed by atoms with Gasteiger partial charge in [-0.2, -0.15) is 8.78 Å². The molecule has 0 radical (unpaired) electrons. The van der Waals surface area contributed by atoms with E-state index in [1.165, 1.54) is 22.5 Å². The number of halogens is 2. The van der Waals surface area contributed by atoms with Crippen molar-refractivity contribution >= 4 is 34.6 Å². The molecular weight excluding hydrogens is 326 g/mol. The lowest BCUT2D eigenvalue weighted by atomic mass is 10.1. The molecule has 0 saturated carbocycles. The Kier molecular flexibility index (Phi) is 3.72. The number of aromatic nitrogens is 1. The van der Waals surface area contributed by atoms with E-state index in [-0.39, 0.29) is 5.69 Å². The number of benzene rings is 1. The van der Waals surface area contributed by atoms with Gasteiger partial charge in [0.25, 0.3) is 0 Å². The summed E-state index contributed by atoms with van der Waals surface area (Å²) in [6.45, 7) is 0.428. The van der Waals surface area contributed by atoms with Crippen LogP contribution in [0.2, 0.25) is 0 Å². The van der Waals surface area contributed by atoms with Crippen molar-refractivity contribution in [1.29, 1.82) is 0 Å². The first kappa shape index (κ1) is 15.3. The van der Waals surface area contributed by atoms with Crippen LogP contribution in [0.5, 0.6) is 0 Å². The van der Waals surface area contributed by atoms with Gasteiger partial charge in [0.1, 0.15) is 0 Å². The third-order valence-electron chi connectivity index (χ3n) is 3.49. The summed E-state index contributed by atoms with van der Waals surface area (Å²) in [5, 5.41) is 3.01. The topological polar surface area (TPSA) is 88.3 Å². The minimum absolute atomic E-state index is 0.233. The second-order valence-corrected chi connectivity index (χ2v) is 5.84. The molecule has 0 saturated heterocycles. The summed E-state index contributed by atoms with van der Waals surface area (Å²) >= 11 is 0.712. The number of hydrogen-bond acceptors (Lipinski definition) is 4. The average Bonchev–Trinajstić information content (AvgIpc) is 3.16. The maximum Gasteiger partial charge on any atom is 0.375 e. The normalized spacial score (nSPS) is 13.7. The summed E-state index contributed by atoms with van der Waals surface area (Å²) in [5.41, 5.74) is 6.88. The molecule has 0 spiro atoms. The third kappa shape index (κ3) is 2.74. The second kappa shape index (κ2) is 5.58. The van der Waals surface area contributed by atoms with Gasteiger partial charge in [-0.05, 0) is 30.2 Å². The molecule has 1 aliphatic heterocycles. The Morgan fingerprint density at radius 3 is 2.83 bits per heavy atom. The molecule has 0 unspecified atom stereocenters. The highest BCUT2D eigenvalue weighted by Gasteiger charge is 2.43. The maximum absolute atomic E-state index is 14.0. The molecule has 1 aromatic heterocycles. The predicted octanol–water partition coefficient (Wildman–Crippen LogP) is 2.31. The summed E-state index contributed by atoms with van der Waals surface area (Å²) < 4.78 is 28.0. The van der Waals surface area contributed by atoms with Crippen LogP contribution in [-0.4, -0.2) is 23.5 Å². The number of alkyl halides is 2. The number of carbonyl (C=O) groups is 2. The van der Waals surface area contributed by atoms with Crippen molar-refractivity contribution in [3.05, 3.63) is 40.3 Å². The largest absolute Gasteiger partial charge is 0.375 e. The molecule has 9 heteroatoms. The SMILES string of the molecule is NC(=O)N1CCc2cc(NC(=O)C(F)(F)c3nccs3)ccc21. The van der Waals surface area contributed by atoms with Crippen molar-refractivity contribution in [2.75, 3.05) is 16.8 Å². The number of urea groups is 1. The Morgan fingerprint density at radius 1 is 1.39 bits per heavy atom. The van der Waals surface area contributed by atoms with Gasteiger partial charge in [0.05, 0.1) is 0 Å². The van der Waals surface area contributed by atoms with E-state index >= 15 is 0 Å². The first-order chi connectivity index (χ1) is 10.9. The summed E-state index contributed by atoms with van der Waals surface area (Å²) in [7, 11) is 0. The van der Waals surface area contributed by atoms with Crippen molar-refractivity contribution in [1.82, 2.24) is 4.98 Å². The third-order valence-corrected chi connectivity index (χ3v) is 4.33. The number of thiazole rings is 1. The van der Waals surface area contributed by atoms with E-state index < -0.39 is 22.9 Å². The summed E-state index contributed by atoms with van der Waals surface area (Å²) in [6, 6.07) is 4.02. The van der Waals surface area contributed by atoms with Crippen LogP contribution in [0.25, 0.3) is 0 Å². The Bertz CT molecular complexity index is 764. The number of anilines is 2. The quantitative estimate of drug-likeness (QED) is 0.900. The highest BCUT2D eigenvalue weighted by Crippen LogP contribution is 2.33. The fourth-order valence-electron chi connectivity index (χ4n) is 2.39. The van der Waals surface area contributed by atoms with Crippen molar-refractivity contribution in [3.8, 4) is 0 Å². The first-order valence-corrected chi connectivity index (χ1v) is 7.56. The molecule has 1 aliphatic rings. The molecule has 120 valence electrons. The Balaban J connectivity index is 1.79. The number of carbonyl (C=O) groups excluding carboxylic acids is 2. The zero-order chi connectivity index (χ0) is 16.6. The Morgan fingerprint density at radius 2 is 2.17 bits per heavy atom. The second-order valence-electron chi connectivity index (χ2n) is 4.95. The summed E-state index contributed by atoms with van der Waals surface area (Å²) in [6.07, 6.45) is 1.76. The predicted molar refractivity (Wildman–Crippen MR) is 81.7 cm³/mol. The molecular formula is C14H12F2N4O2S. The van der Waals surface area contributed by atoms with E-state index in [9.17, 15) is 18.4 Å². The van der Waals surface area contributed by atoms with E-state index in [4.69, 9.17) is 5.73 Å². The fourth-order valence-corrected chi connectivity index (χ4v) is 3.01. The molecule has 3 amide bonds. The number of hydrogen-bond donors (Lipinski definition) is 2. The van der Waals surface area contributed by atoms with Gasteiger partial charge in [0, 0.05) is 29.5 Å². The molecule has 0 bridgehead atoms. The van der Waals surface area contributed by atoms with Crippen molar-refractivity contribution in [2.24, 2.45) is 5.73 Å². The van der Waals surface area contributed by atoms with Gasteiger partial charge >= 0.3 is 17.9 Å². The number of nitrogens with one attached hydrogen (secondary N) is 1. The molecule has 23 heavy (non-hydrogen) atoms. The number of nitrogens with zero attached hydrogens (tertiary/aromatic N) is 2. The highest BCUT2D eigenvalue weighted by atomic mass is 32.1. The van der Waals surface area contributed by atoms with Crippen LogP contribution in [0.15, 0.2) is 29.8 Å². The Labute approximate surface area is 133 Å². The highest BCUT2D eigenvalue weighted by molar-refractivity contribution is 7.09. The minimum Gasteiger partial charge on any atom is -0.351 e. The lowest BCUT2D eigenvalue weighted by Gasteiger charge is -2.16. The lowest BCUT2D eigenvalue weighted by molar-refractivity contribution is -0.140. The van der Waals surface area contributed by atoms with Crippen molar-refractivity contribution in [2.45, 2.75) is 12.3 Å². The van der Waals surface area contributed by atoms with Gasteiger partial charge in [0.15, 0.2) is 5.01 Å². The Hall–Kier alpha value is -2.55. The minimum atomic E-state index is -3.70. The standard InChI is InChI=1S/C14H12F2N4O2S/c15-14(16,12-18-4-6-23-12)11(21)19-9-1-2-10-8(7-9)3-5-20(10)13(17)22/h1-2,4,6-7H,3,5H2,(H2,17,22)(H,19,21). The van der Waals surface area contributed by atoms with Crippen LogP contribution in [0, 0.1) is 0 Å². The van der Waals surface area contributed by atoms with E-state index in [0.29, 0.717) is 30.0 Å². The van der Waals surface area contributed by atoms with Gasteiger partial charge in [0.2, 0.25) is 0 Å². The fraction of sp³-hybridized carbons (Fsp3) is 0.214. The number of fused-ring (bicyclic) bond motifs is 1. The molecule has 1 aromatic carbocycles. The van der Waals surface area contributed by atoms with E-state index in [1.807, 2.05) is 0 Å². The summed E-state index contributed by atoms with van der Waals surface area (Å²) in [5.74, 6) is -5.15. The average molecular weight is 338 g/mol. The molecule has 3 rings (SSSR count). The van der Waals surface area contributed by atoms with Gasteiger partial charge in [-0.3, -0.25) is 9.69 Å². The van der Waals surface area contributed by atoms with E-state index in [2.05, 4.69) is 10.3 Å². The van der Waals surface area contributed by atoms with Crippen LogP contribution in [0.3, 0.4) is 0 Å². The van der Waals surface area contributed by atoms with Gasteiger partial charge < -0.3 is 11.1 Å². The van der Waals surface area contributed by atoms with E-state index in [0.717, 1.165) is 5.56 Å². The van der Waals surface area contributed by atoms with Crippen LogP contribution in [-0.2, 0) is 17.1 Å². The maximum atomic E-state index is 14.0. The number of primary amides is 1. The van der Waals surface area contributed by atoms with Crippen molar-refractivity contribution in [3.63, 3.8) is 0 Å². The molecule has 6 nitrogen and oxygen atoms in total.